The third-order valence-corrected chi connectivity index (χ3v) is 12.3. The van der Waals surface area contributed by atoms with Crippen LogP contribution in [0.1, 0.15) is 119 Å². The van der Waals surface area contributed by atoms with Gasteiger partial charge in [-0.2, -0.15) is 26.3 Å². The van der Waals surface area contributed by atoms with Crippen LogP contribution in [0.25, 0.3) is 66.8 Å². The molecule has 0 amide bonds. The molecule has 66 heavy (non-hydrogen) atoms. The highest BCUT2D eigenvalue weighted by Crippen LogP contribution is 2.51. The maximum atomic E-state index is 15.4. The van der Waals surface area contributed by atoms with Gasteiger partial charge in [0.15, 0.2) is 0 Å². The molecule has 342 valence electrons. The van der Waals surface area contributed by atoms with Gasteiger partial charge in [-0.25, -0.2) is 0 Å². The maximum Gasteiger partial charge on any atom is 0.417 e. The summed E-state index contributed by atoms with van der Waals surface area (Å²) >= 11 is 0. The smallest absolute Gasteiger partial charge is 0.166 e. The largest absolute Gasteiger partial charge is 0.417 e. The van der Waals surface area contributed by atoms with Crippen molar-refractivity contribution in [3.63, 3.8) is 0 Å². The average molecular weight is 897 g/mol. The van der Waals surface area contributed by atoms with E-state index < -0.39 is 35.6 Å². The Morgan fingerprint density at radius 2 is 0.515 bits per heavy atom. The van der Waals surface area contributed by atoms with E-state index in [4.69, 9.17) is 0 Å². The molecule has 0 bridgehead atoms. The molecule has 0 radical (unpaired) electrons. The standard InChI is InChI=1S/C60H60F6/c1-55(2,3)39-29-37(30-40(33-39)56(4,5)6)43-21-13-15-23-45(43)49-35-52(48-26-18-20-28-54(48)60(64,65)66)50(36-51(49)47-25-17-19-27-53(47)59(61,62)63)46-24-16-14-22-44(46)38-31-41(57(7,8)9)34-42(32-38)58(10,11)12/h13-36H,1-12H3/i35D,36D. The van der Waals surface area contributed by atoms with Crippen LogP contribution in [0.15, 0.2) is 146 Å². The summed E-state index contributed by atoms with van der Waals surface area (Å²) in [5.74, 6) is 0. The first-order valence-corrected chi connectivity index (χ1v) is 22.4. The lowest BCUT2D eigenvalue weighted by atomic mass is 9.77. The first kappa shape index (κ1) is 45.3. The summed E-state index contributed by atoms with van der Waals surface area (Å²) in [4.78, 5) is 0. The minimum atomic E-state index is -4.90. The van der Waals surface area contributed by atoms with Crippen LogP contribution in [0.4, 0.5) is 26.3 Å². The number of hydrogen-bond acceptors (Lipinski definition) is 0. The molecule has 0 spiro atoms. The second-order valence-corrected chi connectivity index (χ2v) is 21.5. The van der Waals surface area contributed by atoms with Gasteiger partial charge in [-0.1, -0.05) is 204 Å². The van der Waals surface area contributed by atoms with Gasteiger partial charge in [0.2, 0.25) is 0 Å². The van der Waals surface area contributed by atoms with Gasteiger partial charge in [-0.05, 0) is 135 Å². The minimum absolute atomic E-state index is 0.0845. The molecule has 7 rings (SSSR count). The topological polar surface area (TPSA) is 0 Å². The Kier molecular flexibility index (Phi) is 11.7. The summed E-state index contributed by atoms with van der Waals surface area (Å²) < 4.78 is 113. The van der Waals surface area contributed by atoms with Crippen molar-refractivity contribution in [2.24, 2.45) is 0 Å². The lowest BCUT2D eigenvalue weighted by Gasteiger charge is -2.28. The number of alkyl halides is 6. The Hall–Kier alpha value is -5.88. The molecular weight excluding hydrogens is 835 g/mol. The predicted octanol–water partition coefficient (Wildman–Crippen LogP) is 18.9. The van der Waals surface area contributed by atoms with Crippen molar-refractivity contribution < 1.29 is 29.1 Å². The molecule has 0 N–H and O–H groups in total. The summed E-state index contributed by atoms with van der Waals surface area (Å²) in [6.07, 6.45) is -9.80. The number of hydrogen-bond donors (Lipinski definition) is 0. The van der Waals surface area contributed by atoms with Crippen LogP contribution in [0.3, 0.4) is 0 Å². The lowest BCUT2D eigenvalue weighted by Crippen LogP contribution is -2.16. The van der Waals surface area contributed by atoms with Crippen molar-refractivity contribution >= 4 is 0 Å². The van der Waals surface area contributed by atoms with E-state index in [0.29, 0.717) is 22.3 Å². The normalized spacial score (nSPS) is 13.4. The fourth-order valence-electron chi connectivity index (χ4n) is 8.41. The molecule has 0 atom stereocenters. The SMILES string of the molecule is [2H]c1c(-c2ccccc2-c2cc(C(C)(C)C)cc(C(C)(C)C)c2)c(-c2ccccc2C(F)(F)F)c([2H])c(-c2ccccc2-c2cc(C(C)(C)C)cc(C(C)(C)C)c2)c1-c1ccccc1C(F)(F)F. The molecule has 0 saturated carbocycles. The Labute approximate surface area is 390 Å². The van der Waals surface area contributed by atoms with Crippen molar-refractivity contribution in [3.05, 3.63) is 179 Å². The van der Waals surface area contributed by atoms with E-state index in [1.807, 2.05) is 36.4 Å². The third-order valence-electron chi connectivity index (χ3n) is 12.3. The van der Waals surface area contributed by atoms with Crippen molar-refractivity contribution in [2.45, 2.75) is 117 Å². The zero-order valence-electron chi connectivity index (χ0n) is 42.0. The summed E-state index contributed by atoms with van der Waals surface area (Å²) in [5, 5.41) is 0. The molecule has 0 aromatic heterocycles. The van der Waals surface area contributed by atoms with Crippen molar-refractivity contribution in [1.82, 2.24) is 0 Å². The quantitative estimate of drug-likeness (QED) is 0.146. The van der Waals surface area contributed by atoms with Crippen LogP contribution >= 0.6 is 0 Å². The monoisotopic (exact) mass is 896 g/mol. The van der Waals surface area contributed by atoms with Gasteiger partial charge in [-0.15, -0.1) is 0 Å². The Morgan fingerprint density at radius 3 is 0.773 bits per heavy atom. The van der Waals surface area contributed by atoms with E-state index in [-0.39, 0.29) is 55.0 Å². The van der Waals surface area contributed by atoms with Crippen molar-refractivity contribution in [1.29, 1.82) is 0 Å². The first-order valence-electron chi connectivity index (χ1n) is 23.4. The summed E-state index contributed by atoms with van der Waals surface area (Å²) in [7, 11) is 0. The van der Waals surface area contributed by atoms with Crippen LogP contribution < -0.4 is 0 Å². The van der Waals surface area contributed by atoms with Gasteiger partial charge in [-0.3, -0.25) is 0 Å². The zero-order chi connectivity index (χ0) is 50.1. The predicted molar refractivity (Wildman–Crippen MR) is 264 cm³/mol. The third kappa shape index (κ3) is 9.94. The molecule has 0 aliphatic heterocycles. The van der Waals surface area contributed by atoms with Crippen LogP contribution in [0.2, 0.25) is 0 Å². The van der Waals surface area contributed by atoms with Gasteiger partial charge < -0.3 is 0 Å². The average Bonchev–Trinajstić information content (AvgIpc) is 3.24. The molecule has 0 saturated heterocycles. The molecule has 0 fully saturated rings. The first-order chi connectivity index (χ1) is 31.4. The zero-order valence-corrected chi connectivity index (χ0v) is 40.0. The molecule has 0 heterocycles. The van der Waals surface area contributed by atoms with Gasteiger partial charge in [0.05, 0.1) is 13.9 Å². The highest BCUT2D eigenvalue weighted by molar-refractivity contribution is 6.01. The summed E-state index contributed by atoms with van der Waals surface area (Å²) in [6, 6.07) is 35.6. The number of rotatable bonds is 6. The number of halogens is 6. The van der Waals surface area contributed by atoms with Gasteiger partial charge in [0.1, 0.15) is 0 Å². The Balaban J connectivity index is 1.75. The van der Waals surface area contributed by atoms with Crippen LogP contribution in [-0.4, -0.2) is 0 Å². The van der Waals surface area contributed by atoms with Gasteiger partial charge >= 0.3 is 12.4 Å². The molecule has 0 nitrogen and oxygen atoms in total. The highest BCUT2D eigenvalue weighted by Gasteiger charge is 2.37. The molecule has 0 aliphatic rings. The Bertz CT molecular complexity index is 2760. The van der Waals surface area contributed by atoms with E-state index in [1.165, 1.54) is 36.4 Å². The molecule has 6 heteroatoms. The van der Waals surface area contributed by atoms with Crippen LogP contribution in [0.5, 0.6) is 0 Å². The maximum absolute atomic E-state index is 15.4. The van der Waals surface area contributed by atoms with Gasteiger partial charge in [0, 0.05) is 0 Å². The molecule has 0 aliphatic carbocycles. The van der Waals surface area contributed by atoms with E-state index in [2.05, 4.69) is 95.2 Å². The Morgan fingerprint density at radius 1 is 0.288 bits per heavy atom. The molecule has 7 aromatic carbocycles. The van der Waals surface area contributed by atoms with Crippen LogP contribution in [0, 0.1) is 0 Å². The molecule has 7 aromatic rings. The van der Waals surface area contributed by atoms with Crippen molar-refractivity contribution in [3.8, 4) is 66.8 Å². The van der Waals surface area contributed by atoms with E-state index in [0.717, 1.165) is 45.5 Å². The second-order valence-electron chi connectivity index (χ2n) is 21.5. The summed E-state index contributed by atoms with van der Waals surface area (Å²) in [6.45, 7) is 25.1. The highest BCUT2D eigenvalue weighted by atomic mass is 19.4. The summed E-state index contributed by atoms with van der Waals surface area (Å²) in [5.41, 5.74) is 2.51. The van der Waals surface area contributed by atoms with Crippen molar-refractivity contribution in [2.75, 3.05) is 0 Å². The minimum Gasteiger partial charge on any atom is -0.166 e. The lowest BCUT2D eigenvalue weighted by molar-refractivity contribution is -0.137. The fraction of sp³-hybridized carbons (Fsp3) is 0.300. The van der Waals surface area contributed by atoms with Crippen LogP contribution in [-0.2, 0) is 34.0 Å². The van der Waals surface area contributed by atoms with E-state index in [9.17, 15) is 2.74 Å². The van der Waals surface area contributed by atoms with E-state index in [1.54, 1.807) is 36.4 Å². The molecular formula is C60H60F6. The van der Waals surface area contributed by atoms with Gasteiger partial charge in [0.25, 0.3) is 0 Å². The fourth-order valence-corrected chi connectivity index (χ4v) is 8.41. The molecule has 0 unspecified atom stereocenters. The van der Waals surface area contributed by atoms with E-state index >= 15 is 26.3 Å². The second kappa shape index (κ2) is 17.1. The number of benzene rings is 7.